The fraction of sp³-hybridized carbons (Fsp3) is 0.368. The minimum absolute atomic E-state index is 0.0112. The van der Waals surface area contributed by atoms with Gasteiger partial charge in [-0.1, -0.05) is 142 Å². The van der Waals surface area contributed by atoms with Gasteiger partial charge in [0.25, 0.3) is 5.91 Å². The van der Waals surface area contributed by atoms with E-state index in [0.717, 1.165) is 80.4 Å². The molecule has 4 rings (SSSR count). The Morgan fingerprint density at radius 1 is 0.667 bits per heavy atom. The van der Waals surface area contributed by atoms with Crippen LogP contribution in [0.3, 0.4) is 0 Å². The number of nitrogens with zero attached hydrogens (tertiary/aromatic N) is 1. The van der Waals surface area contributed by atoms with Crippen LogP contribution in [0.2, 0.25) is 0 Å². The molecule has 8 nitrogen and oxygen atoms in total. The molecule has 66 heavy (non-hydrogen) atoms. The highest BCUT2D eigenvalue weighted by atomic mass is 19.1. The average molecular weight is 897 g/mol. The molecule has 1 aromatic heterocycles. The number of carbonyl (C=O) groups is 2. The number of aliphatic hydroxyl groups excluding tert-OH is 2. The second-order valence-electron chi connectivity index (χ2n) is 16.7. The molecule has 4 aromatic rings. The maximum atomic E-state index is 14.3. The largest absolute Gasteiger partial charge is 0.393 e. The number of allylic oxidation sites excluding steroid dienone is 12. The Balaban J connectivity index is 1.19. The summed E-state index contributed by atoms with van der Waals surface area (Å²) in [4.78, 5) is 27.0. The zero-order valence-corrected chi connectivity index (χ0v) is 39.4. The third-order valence-electron chi connectivity index (χ3n) is 10.9. The molecule has 2 amide bonds. The first kappa shape index (κ1) is 52.8. The Morgan fingerprint density at radius 3 is 1.80 bits per heavy atom. The van der Waals surface area contributed by atoms with E-state index >= 15 is 0 Å². The average Bonchev–Trinajstić information content (AvgIpc) is 3.66. The summed E-state index contributed by atoms with van der Waals surface area (Å²) < 4.78 is 16.3. The second-order valence-corrected chi connectivity index (χ2v) is 16.7. The molecule has 0 unspecified atom stereocenters. The van der Waals surface area contributed by atoms with Crippen molar-refractivity contribution in [2.24, 2.45) is 0 Å². The third kappa shape index (κ3) is 19.3. The highest BCUT2D eigenvalue weighted by Crippen LogP contribution is 2.42. The van der Waals surface area contributed by atoms with E-state index in [0.29, 0.717) is 36.4 Å². The van der Waals surface area contributed by atoms with Crippen molar-refractivity contribution in [1.82, 2.24) is 15.2 Å². The van der Waals surface area contributed by atoms with E-state index in [9.17, 15) is 24.2 Å². The molecule has 0 aliphatic heterocycles. The fourth-order valence-electron chi connectivity index (χ4n) is 7.69. The summed E-state index contributed by atoms with van der Waals surface area (Å²) in [5, 5.41) is 31.4. The minimum atomic E-state index is -1.03. The van der Waals surface area contributed by atoms with E-state index in [2.05, 4.69) is 100 Å². The lowest BCUT2D eigenvalue weighted by molar-refractivity contribution is -0.123. The van der Waals surface area contributed by atoms with E-state index in [4.69, 9.17) is 0 Å². The first-order chi connectivity index (χ1) is 32.2. The number of hydrogen-bond acceptors (Lipinski definition) is 5. The molecule has 5 N–H and O–H groups in total. The van der Waals surface area contributed by atoms with Crippen LogP contribution in [0.1, 0.15) is 113 Å². The summed E-state index contributed by atoms with van der Waals surface area (Å²) in [6, 6.07) is 25.2. The summed E-state index contributed by atoms with van der Waals surface area (Å²) in [7, 11) is 0. The number of para-hydroxylation sites is 1. The molecule has 2 atom stereocenters. The molecule has 3 aromatic carbocycles. The molecular weight excluding hydrogens is 824 g/mol. The van der Waals surface area contributed by atoms with Crippen molar-refractivity contribution in [2.45, 2.75) is 116 Å². The summed E-state index contributed by atoms with van der Waals surface area (Å²) in [5.74, 6) is -1.03. The van der Waals surface area contributed by atoms with Crippen molar-refractivity contribution in [3.05, 3.63) is 175 Å². The Labute approximate surface area is 393 Å². The van der Waals surface area contributed by atoms with E-state index < -0.39 is 12.2 Å². The third-order valence-corrected chi connectivity index (χ3v) is 10.9. The van der Waals surface area contributed by atoms with Gasteiger partial charge >= 0.3 is 0 Å². The number of aromatic nitrogens is 1. The van der Waals surface area contributed by atoms with Crippen LogP contribution in [-0.4, -0.2) is 58.4 Å². The number of carbonyl (C=O) groups excluding carboxylic acids is 2. The monoisotopic (exact) mass is 897 g/mol. The summed E-state index contributed by atoms with van der Waals surface area (Å²) in [6.45, 7) is 8.41. The molecule has 0 bridgehead atoms. The molecule has 0 fully saturated rings. The van der Waals surface area contributed by atoms with Crippen LogP contribution in [-0.2, 0) is 11.3 Å². The van der Waals surface area contributed by atoms with Gasteiger partial charge in [0.1, 0.15) is 5.82 Å². The first-order valence-electron chi connectivity index (χ1n) is 23.9. The number of hydrogen-bond donors (Lipinski definition) is 5. The van der Waals surface area contributed by atoms with Gasteiger partial charge in [-0.2, -0.15) is 0 Å². The van der Waals surface area contributed by atoms with Crippen LogP contribution in [0.5, 0.6) is 0 Å². The highest BCUT2D eigenvalue weighted by molar-refractivity contribution is 6.12. The minimum Gasteiger partial charge on any atom is -0.393 e. The van der Waals surface area contributed by atoms with Crippen molar-refractivity contribution in [1.29, 1.82) is 0 Å². The second kappa shape index (κ2) is 31.1. The summed E-state index contributed by atoms with van der Waals surface area (Å²) in [5.41, 5.74) is 4.93. The maximum absolute atomic E-state index is 14.3. The maximum Gasteiger partial charge on any atom is 0.258 e. The zero-order valence-electron chi connectivity index (χ0n) is 39.4. The zero-order chi connectivity index (χ0) is 47.2. The molecule has 0 saturated carbocycles. The van der Waals surface area contributed by atoms with Gasteiger partial charge in [0.2, 0.25) is 5.91 Å². The van der Waals surface area contributed by atoms with Crippen LogP contribution in [0.25, 0.3) is 22.4 Å². The van der Waals surface area contributed by atoms with Crippen LogP contribution in [0.15, 0.2) is 158 Å². The summed E-state index contributed by atoms with van der Waals surface area (Å²) in [6.07, 6.45) is 32.5. The van der Waals surface area contributed by atoms with Gasteiger partial charge in [0, 0.05) is 36.6 Å². The lowest BCUT2D eigenvalue weighted by Crippen LogP contribution is -2.34. The van der Waals surface area contributed by atoms with Crippen molar-refractivity contribution in [2.75, 3.05) is 25.0 Å². The van der Waals surface area contributed by atoms with Crippen molar-refractivity contribution in [3.8, 4) is 22.4 Å². The molecule has 0 saturated heterocycles. The van der Waals surface area contributed by atoms with Gasteiger partial charge in [-0.15, -0.1) is 0 Å². The molecule has 0 aliphatic rings. The highest BCUT2D eigenvalue weighted by Gasteiger charge is 2.31. The number of rotatable bonds is 30. The molecule has 352 valence electrons. The van der Waals surface area contributed by atoms with Gasteiger partial charge in [-0.25, -0.2) is 4.39 Å². The van der Waals surface area contributed by atoms with E-state index in [-0.39, 0.29) is 42.8 Å². The normalized spacial score (nSPS) is 13.1. The predicted octanol–water partition coefficient (Wildman–Crippen LogP) is 12.4. The number of aliphatic hydroxyl groups is 2. The predicted molar refractivity (Wildman–Crippen MR) is 273 cm³/mol. The molecule has 9 heteroatoms. The Hall–Kier alpha value is -5.87. The topological polar surface area (TPSA) is 116 Å². The van der Waals surface area contributed by atoms with Gasteiger partial charge in [0.15, 0.2) is 0 Å². The van der Waals surface area contributed by atoms with E-state index in [1.807, 2.05) is 74.5 Å². The lowest BCUT2D eigenvalue weighted by Gasteiger charge is -2.20. The van der Waals surface area contributed by atoms with Gasteiger partial charge in [0.05, 0.1) is 29.9 Å². The van der Waals surface area contributed by atoms with Crippen molar-refractivity contribution >= 4 is 17.5 Å². The Kier molecular flexibility index (Phi) is 24.9. The standard InChI is InChI=1S/C57H73FN4O4/c1-4-5-6-7-8-9-10-11-12-13-14-15-16-17-18-19-20-21-22-29-39-59-40-41-60-52(65)44-51(64)43-50(63)38-42-62-55(45(2)3)54(57(66)61-49-32-27-24-28-33-49)53(46-30-25-23-26-31-46)56(62)47-34-36-48(58)37-35-47/h5-6,8-9,11-12,14-15,17-18,20-21,23-28,30-37,45,50-51,59,63-64H,4,7,10,13,16,19,22,29,38-44H2,1-3H3,(H,60,65)(H,61,66)/t50-,51-/m1/s1. The van der Waals surface area contributed by atoms with Crippen LogP contribution < -0.4 is 16.0 Å². The Bertz CT molecular complexity index is 2190. The van der Waals surface area contributed by atoms with E-state index in [1.54, 1.807) is 12.1 Å². The Morgan fingerprint density at radius 2 is 1.23 bits per heavy atom. The number of amides is 2. The van der Waals surface area contributed by atoms with Gasteiger partial charge in [-0.05, 0) is 124 Å². The van der Waals surface area contributed by atoms with Crippen molar-refractivity contribution in [3.63, 3.8) is 0 Å². The molecule has 0 spiro atoms. The van der Waals surface area contributed by atoms with Crippen molar-refractivity contribution < 1.29 is 24.2 Å². The number of halogens is 1. The lowest BCUT2D eigenvalue weighted by atomic mass is 9.94. The number of anilines is 1. The van der Waals surface area contributed by atoms with Crippen LogP contribution in [0, 0.1) is 5.82 Å². The SMILES string of the molecule is CCC=CCC=CCC=CCC=CCC=CCC=CCCCNCCNC(=O)C[C@H](O)C[C@H](O)CCn1c(-c2ccc(F)cc2)c(-c2ccccc2)c(C(=O)Nc2ccccc2)c1C(C)C. The first-order valence-corrected chi connectivity index (χ1v) is 23.9. The quantitative estimate of drug-likeness (QED) is 0.0264. The van der Waals surface area contributed by atoms with Crippen LogP contribution in [0.4, 0.5) is 10.1 Å². The molecular formula is C57H73FN4O4. The van der Waals surface area contributed by atoms with Gasteiger partial charge < -0.3 is 30.7 Å². The molecule has 0 aliphatic carbocycles. The fourth-order valence-corrected chi connectivity index (χ4v) is 7.69. The summed E-state index contributed by atoms with van der Waals surface area (Å²) >= 11 is 0. The molecule has 1 heterocycles. The number of benzene rings is 3. The number of unbranched alkanes of at least 4 members (excludes halogenated alkanes) is 1. The molecule has 0 radical (unpaired) electrons. The smallest absolute Gasteiger partial charge is 0.258 e. The van der Waals surface area contributed by atoms with Gasteiger partial charge in [-0.3, -0.25) is 9.59 Å². The van der Waals surface area contributed by atoms with E-state index in [1.165, 1.54) is 12.1 Å². The number of nitrogens with one attached hydrogen (secondary N) is 3. The van der Waals surface area contributed by atoms with Crippen LogP contribution >= 0.6 is 0 Å².